The number of hydrogen-bond acceptors (Lipinski definition) is 3. The number of alkyl halides is 2. The van der Waals surface area contributed by atoms with E-state index < -0.39 is 29.6 Å². The maximum absolute atomic E-state index is 13.8. The Morgan fingerprint density at radius 1 is 1.26 bits per heavy atom. The quantitative estimate of drug-likeness (QED) is 0.898. The molecule has 0 aliphatic carbocycles. The zero-order valence-electron chi connectivity index (χ0n) is 10.0. The van der Waals surface area contributed by atoms with Crippen LogP contribution in [0.1, 0.15) is 11.6 Å². The van der Waals surface area contributed by atoms with E-state index in [1.54, 1.807) is 0 Å². The van der Waals surface area contributed by atoms with Crippen LogP contribution in [0.5, 0.6) is 5.75 Å². The number of nitrogens with zero attached hydrogens (tertiary/aromatic N) is 1. The van der Waals surface area contributed by atoms with E-state index in [9.17, 15) is 18.3 Å². The highest BCUT2D eigenvalue weighted by Crippen LogP contribution is 2.39. The average molecular weight is 295 g/mol. The van der Waals surface area contributed by atoms with E-state index in [-0.39, 0.29) is 5.02 Å². The van der Waals surface area contributed by atoms with Gasteiger partial charge in [0.25, 0.3) is 6.43 Å². The second-order valence-corrected chi connectivity index (χ2v) is 4.76. The highest BCUT2D eigenvalue weighted by Gasteiger charge is 2.34. The number of hydrogen-bond donors (Lipinski definition) is 2. The van der Waals surface area contributed by atoms with Crippen LogP contribution in [0.2, 0.25) is 5.02 Å². The Balaban J connectivity index is 2.41. The van der Waals surface area contributed by atoms with Crippen molar-refractivity contribution in [2.24, 2.45) is 0 Å². The summed E-state index contributed by atoms with van der Waals surface area (Å²) in [5, 5.41) is 12.7. The zero-order valence-corrected chi connectivity index (χ0v) is 10.8. The Bertz CT molecular complexity index is 453. The van der Waals surface area contributed by atoms with Gasteiger partial charge in [0.15, 0.2) is 0 Å². The average Bonchev–Trinajstić information content (AvgIpc) is 2.39. The Hall–Kier alpha value is -0.980. The lowest BCUT2D eigenvalue weighted by Crippen LogP contribution is -2.47. The predicted molar refractivity (Wildman–Crippen MR) is 66.3 cm³/mol. The molecule has 1 aromatic carbocycles. The van der Waals surface area contributed by atoms with E-state index in [1.165, 1.54) is 4.90 Å². The van der Waals surface area contributed by atoms with Gasteiger partial charge < -0.3 is 10.4 Å². The van der Waals surface area contributed by atoms with Crippen LogP contribution in [0.25, 0.3) is 0 Å². The first kappa shape index (κ1) is 14.4. The molecule has 0 amide bonds. The first-order chi connectivity index (χ1) is 9.02. The first-order valence-corrected chi connectivity index (χ1v) is 6.30. The molecule has 1 aliphatic rings. The number of phenolic OH excluding ortho intramolecular Hbond substituents is 1. The molecular formula is C12H14ClF3N2O. The molecule has 1 aliphatic heterocycles. The molecule has 0 saturated carbocycles. The maximum atomic E-state index is 13.8. The highest BCUT2D eigenvalue weighted by atomic mass is 35.5. The smallest absolute Gasteiger partial charge is 0.258 e. The summed E-state index contributed by atoms with van der Waals surface area (Å²) in [5.41, 5.74) is -0.426. The minimum absolute atomic E-state index is 0.128. The van der Waals surface area contributed by atoms with E-state index in [0.717, 1.165) is 12.1 Å². The largest absolute Gasteiger partial charge is 0.506 e. The lowest BCUT2D eigenvalue weighted by Gasteiger charge is -2.35. The molecule has 1 saturated heterocycles. The molecule has 7 heteroatoms. The zero-order chi connectivity index (χ0) is 14.0. The van der Waals surface area contributed by atoms with Gasteiger partial charge in [-0.3, -0.25) is 4.90 Å². The van der Waals surface area contributed by atoms with E-state index in [2.05, 4.69) is 5.32 Å². The van der Waals surface area contributed by atoms with Crippen molar-refractivity contribution in [3.05, 3.63) is 28.5 Å². The molecule has 3 nitrogen and oxygen atoms in total. The predicted octanol–water partition coefficient (Wildman–Crippen LogP) is 2.40. The van der Waals surface area contributed by atoms with Crippen LogP contribution < -0.4 is 5.32 Å². The van der Waals surface area contributed by atoms with Crippen molar-refractivity contribution in [3.8, 4) is 5.75 Å². The second-order valence-electron chi connectivity index (χ2n) is 4.36. The lowest BCUT2D eigenvalue weighted by molar-refractivity contribution is 0.0152. The summed E-state index contributed by atoms with van der Waals surface area (Å²) in [4.78, 5) is 1.45. The van der Waals surface area contributed by atoms with Crippen LogP contribution in [0.4, 0.5) is 13.2 Å². The molecule has 2 rings (SSSR count). The van der Waals surface area contributed by atoms with Crippen molar-refractivity contribution in [2.45, 2.75) is 12.5 Å². The van der Waals surface area contributed by atoms with Gasteiger partial charge in [0.1, 0.15) is 17.6 Å². The van der Waals surface area contributed by atoms with Crippen molar-refractivity contribution >= 4 is 11.6 Å². The van der Waals surface area contributed by atoms with Crippen LogP contribution in [-0.2, 0) is 0 Å². The first-order valence-electron chi connectivity index (χ1n) is 5.92. The van der Waals surface area contributed by atoms with Crippen LogP contribution >= 0.6 is 11.6 Å². The molecule has 1 atom stereocenters. The second kappa shape index (κ2) is 5.98. The third kappa shape index (κ3) is 2.96. The van der Waals surface area contributed by atoms with Gasteiger partial charge in [-0.15, -0.1) is 0 Å². The fraction of sp³-hybridized carbons (Fsp3) is 0.500. The van der Waals surface area contributed by atoms with Crippen molar-refractivity contribution in [1.82, 2.24) is 10.2 Å². The third-order valence-corrected chi connectivity index (χ3v) is 3.50. The topological polar surface area (TPSA) is 35.5 Å². The molecular weight excluding hydrogens is 281 g/mol. The summed E-state index contributed by atoms with van der Waals surface area (Å²) >= 11 is 5.68. The highest BCUT2D eigenvalue weighted by molar-refractivity contribution is 6.32. The van der Waals surface area contributed by atoms with E-state index >= 15 is 0 Å². The van der Waals surface area contributed by atoms with E-state index in [4.69, 9.17) is 11.6 Å². The number of phenols is 1. The number of nitrogens with one attached hydrogen (secondary N) is 1. The minimum atomic E-state index is -2.81. The molecule has 0 unspecified atom stereocenters. The van der Waals surface area contributed by atoms with Gasteiger partial charge in [0, 0.05) is 26.2 Å². The normalized spacial score (nSPS) is 18.8. The van der Waals surface area contributed by atoms with Crippen LogP contribution in [0.3, 0.4) is 0 Å². The molecule has 0 radical (unpaired) electrons. The van der Waals surface area contributed by atoms with Crippen molar-refractivity contribution in [3.63, 3.8) is 0 Å². The maximum Gasteiger partial charge on any atom is 0.258 e. The van der Waals surface area contributed by atoms with Gasteiger partial charge in [-0.2, -0.15) is 0 Å². The Morgan fingerprint density at radius 2 is 1.89 bits per heavy atom. The van der Waals surface area contributed by atoms with Gasteiger partial charge in [-0.25, -0.2) is 13.2 Å². The summed E-state index contributed by atoms with van der Waals surface area (Å²) in [6.07, 6.45) is -2.81. The van der Waals surface area contributed by atoms with E-state index in [1.807, 2.05) is 0 Å². The molecule has 19 heavy (non-hydrogen) atoms. The van der Waals surface area contributed by atoms with Gasteiger partial charge in [-0.05, 0) is 12.1 Å². The molecule has 1 aromatic rings. The molecule has 0 spiro atoms. The fourth-order valence-electron chi connectivity index (χ4n) is 2.27. The minimum Gasteiger partial charge on any atom is -0.506 e. The SMILES string of the molecule is Oc1c(Cl)ccc(F)c1[C@H](C(F)F)N1CCNCC1. The number of halogens is 4. The standard InChI is InChI=1S/C12H14ClF3N2O/c13-7-1-2-8(14)9(11(7)19)10(12(15)16)18-5-3-17-4-6-18/h1-2,10,12,17,19H,3-6H2/t10-/m1/s1. The Morgan fingerprint density at radius 3 is 2.47 bits per heavy atom. The molecule has 0 bridgehead atoms. The fourth-order valence-corrected chi connectivity index (χ4v) is 2.43. The summed E-state index contributed by atoms with van der Waals surface area (Å²) in [7, 11) is 0. The van der Waals surface area contributed by atoms with Gasteiger partial charge >= 0.3 is 0 Å². The molecule has 0 aromatic heterocycles. The Kier molecular flexibility index (Phi) is 4.54. The van der Waals surface area contributed by atoms with Gasteiger partial charge in [-0.1, -0.05) is 11.6 Å². The van der Waals surface area contributed by atoms with Crippen molar-refractivity contribution in [2.75, 3.05) is 26.2 Å². The van der Waals surface area contributed by atoms with Gasteiger partial charge in [0.05, 0.1) is 10.6 Å². The number of aromatic hydroxyl groups is 1. The summed E-state index contributed by atoms with van der Waals surface area (Å²) in [6, 6.07) is 0.658. The number of piperazine rings is 1. The van der Waals surface area contributed by atoms with Gasteiger partial charge in [0.2, 0.25) is 0 Å². The third-order valence-electron chi connectivity index (χ3n) is 3.19. The summed E-state index contributed by atoms with van der Waals surface area (Å²) in [6.45, 7) is 1.82. The summed E-state index contributed by atoms with van der Waals surface area (Å²) in [5.74, 6) is -1.48. The van der Waals surface area contributed by atoms with Crippen molar-refractivity contribution in [1.29, 1.82) is 0 Å². The monoisotopic (exact) mass is 294 g/mol. The lowest BCUT2D eigenvalue weighted by atomic mass is 10.0. The molecule has 2 N–H and O–H groups in total. The number of rotatable bonds is 3. The van der Waals surface area contributed by atoms with Crippen LogP contribution in [0, 0.1) is 5.82 Å². The number of benzene rings is 1. The van der Waals surface area contributed by atoms with Crippen molar-refractivity contribution < 1.29 is 18.3 Å². The summed E-state index contributed by atoms with van der Waals surface area (Å²) < 4.78 is 40.4. The molecule has 106 valence electrons. The van der Waals surface area contributed by atoms with Crippen LogP contribution in [-0.4, -0.2) is 42.6 Å². The van der Waals surface area contributed by atoms with E-state index in [0.29, 0.717) is 26.2 Å². The molecule has 1 fully saturated rings. The Labute approximate surface area is 114 Å². The molecule has 1 heterocycles. The van der Waals surface area contributed by atoms with Crippen LogP contribution in [0.15, 0.2) is 12.1 Å².